The molecule has 7 rings (SSSR count). The molecule has 0 bridgehead atoms. The standard InChI is InChI=1S/C32H23N3OSi/c1-3-11-27(12-4-1)37(28-13-5-2-6-14-28)30-17-16-26(22-29(30)32-31(37)15-8-18-34-32)36-25-10-7-9-24(21-25)35-20-19-33-23-35/h1-23H. The highest BCUT2D eigenvalue weighted by atomic mass is 28.3. The fraction of sp³-hybridized carbons (Fsp3) is 0. The number of ether oxygens (including phenoxy) is 1. The van der Waals surface area contributed by atoms with E-state index in [0.717, 1.165) is 28.4 Å². The number of hydrogen-bond donors (Lipinski definition) is 0. The van der Waals surface area contributed by atoms with Gasteiger partial charge in [-0.3, -0.25) is 4.98 Å². The number of rotatable bonds is 5. The summed E-state index contributed by atoms with van der Waals surface area (Å²) in [6.45, 7) is 0. The Hall–Kier alpha value is -4.74. The van der Waals surface area contributed by atoms with E-state index >= 15 is 0 Å². The zero-order valence-electron chi connectivity index (χ0n) is 20.0. The third kappa shape index (κ3) is 3.43. The van der Waals surface area contributed by atoms with Crippen molar-refractivity contribution in [3.8, 4) is 28.4 Å². The molecule has 5 heteroatoms. The first-order valence-electron chi connectivity index (χ1n) is 12.3. The van der Waals surface area contributed by atoms with Crippen LogP contribution >= 0.6 is 0 Å². The van der Waals surface area contributed by atoms with Crippen molar-refractivity contribution in [2.45, 2.75) is 0 Å². The van der Waals surface area contributed by atoms with Crippen LogP contribution in [0.1, 0.15) is 0 Å². The summed E-state index contributed by atoms with van der Waals surface area (Å²) in [6, 6.07) is 40.7. The highest BCUT2D eigenvalue weighted by Gasteiger charge is 2.49. The number of imidazole rings is 1. The second-order valence-corrected chi connectivity index (χ2v) is 12.9. The molecular weight excluding hydrogens is 470 g/mol. The maximum Gasteiger partial charge on any atom is 0.182 e. The van der Waals surface area contributed by atoms with Crippen LogP contribution in [-0.4, -0.2) is 22.6 Å². The molecule has 4 aromatic carbocycles. The Labute approximate surface area is 216 Å². The van der Waals surface area contributed by atoms with E-state index in [-0.39, 0.29) is 0 Å². The SMILES string of the molecule is c1ccc([Si]2(c3ccccc3)c3ccc(Oc4cccc(-n5ccnc5)c4)cc3-c3ncccc32)cc1. The maximum atomic E-state index is 6.39. The van der Waals surface area contributed by atoms with Gasteiger partial charge in [0.25, 0.3) is 0 Å². The second-order valence-electron chi connectivity index (χ2n) is 9.16. The summed E-state index contributed by atoms with van der Waals surface area (Å²) in [5.41, 5.74) is 3.20. The molecule has 0 spiro atoms. The Morgan fingerprint density at radius 2 is 1.38 bits per heavy atom. The smallest absolute Gasteiger partial charge is 0.182 e. The van der Waals surface area contributed by atoms with Gasteiger partial charge in [0.1, 0.15) is 11.5 Å². The van der Waals surface area contributed by atoms with Crippen molar-refractivity contribution in [2.24, 2.45) is 0 Å². The van der Waals surface area contributed by atoms with Crippen LogP contribution in [0, 0.1) is 0 Å². The van der Waals surface area contributed by atoms with Gasteiger partial charge in [-0.2, -0.15) is 0 Å². The van der Waals surface area contributed by atoms with Crippen LogP contribution < -0.4 is 25.5 Å². The Morgan fingerprint density at radius 1 is 0.622 bits per heavy atom. The highest BCUT2D eigenvalue weighted by molar-refractivity contribution is 7.22. The molecule has 0 N–H and O–H groups in total. The molecule has 1 aliphatic heterocycles. The number of benzene rings is 4. The van der Waals surface area contributed by atoms with E-state index in [4.69, 9.17) is 9.72 Å². The van der Waals surface area contributed by atoms with Gasteiger partial charge in [0.05, 0.1) is 17.7 Å². The van der Waals surface area contributed by atoms with Crippen LogP contribution in [0.5, 0.6) is 11.5 Å². The van der Waals surface area contributed by atoms with Crippen LogP contribution in [0.2, 0.25) is 0 Å². The zero-order chi connectivity index (χ0) is 24.7. The average molecular weight is 494 g/mol. The van der Waals surface area contributed by atoms with E-state index in [1.807, 2.05) is 41.2 Å². The summed E-state index contributed by atoms with van der Waals surface area (Å²) >= 11 is 0. The maximum absolute atomic E-state index is 6.39. The summed E-state index contributed by atoms with van der Waals surface area (Å²) in [6.07, 6.45) is 7.38. The lowest BCUT2D eigenvalue weighted by molar-refractivity contribution is 0.483. The van der Waals surface area contributed by atoms with Crippen LogP contribution in [0.4, 0.5) is 0 Å². The van der Waals surface area contributed by atoms with Crippen LogP contribution in [0.15, 0.2) is 140 Å². The molecule has 2 aromatic heterocycles. The van der Waals surface area contributed by atoms with Crippen molar-refractivity contribution in [2.75, 3.05) is 0 Å². The van der Waals surface area contributed by atoms with Crippen molar-refractivity contribution < 1.29 is 4.74 Å². The van der Waals surface area contributed by atoms with E-state index in [9.17, 15) is 0 Å². The minimum Gasteiger partial charge on any atom is -0.457 e. The fourth-order valence-electron chi connectivity index (χ4n) is 5.60. The molecule has 0 aliphatic carbocycles. The molecule has 3 heterocycles. The fourth-order valence-corrected chi connectivity index (χ4v) is 10.7. The molecule has 1 aliphatic rings. The van der Waals surface area contributed by atoms with Crippen molar-refractivity contribution in [1.82, 2.24) is 14.5 Å². The van der Waals surface area contributed by atoms with Gasteiger partial charge < -0.3 is 9.30 Å². The van der Waals surface area contributed by atoms with Gasteiger partial charge in [0.2, 0.25) is 0 Å². The van der Waals surface area contributed by atoms with E-state index in [0.29, 0.717) is 0 Å². The highest BCUT2D eigenvalue weighted by Crippen LogP contribution is 2.32. The lowest BCUT2D eigenvalue weighted by Gasteiger charge is -2.30. The first-order chi connectivity index (χ1) is 18.3. The number of aromatic nitrogens is 3. The first kappa shape index (κ1) is 21.5. The number of hydrogen-bond acceptors (Lipinski definition) is 3. The molecule has 0 radical (unpaired) electrons. The number of fused-ring (bicyclic) bond motifs is 3. The van der Waals surface area contributed by atoms with Crippen LogP contribution in [-0.2, 0) is 0 Å². The van der Waals surface area contributed by atoms with Gasteiger partial charge >= 0.3 is 0 Å². The van der Waals surface area contributed by atoms with E-state index < -0.39 is 8.07 Å². The summed E-state index contributed by atoms with van der Waals surface area (Å²) in [4.78, 5) is 9.07. The Kier molecular flexibility index (Phi) is 5.08. The second kappa shape index (κ2) is 8.73. The van der Waals surface area contributed by atoms with Gasteiger partial charge in [0, 0.05) is 30.2 Å². The predicted molar refractivity (Wildman–Crippen MR) is 150 cm³/mol. The van der Waals surface area contributed by atoms with Gasteiger partial charge in [-0.1, -0.05) is 78.9 Å². The molecule has 4 nitrogen and oxygen atoms in total. The van der Waals surface area contributed by atoms with Crippen LogP contribution in [0.25, 0.3) is 16.9 Å². The van der Waals surface area contributed by atoms with Gasteiger partial charge in [-0.25, -0.2) is 4.98 Å². The topological polar surface area (TPSA) is 39.9 Å². The van der Waals surface area contributed by atoms with Gasteiger partial charge in [-0.15, -0.1) is 0 Å². The molecule has 0 saturated carbocycles. The minimum absolute atomic E-state index is 0.778. The number of pyridine rings is 1. The predicted octanol–water partition coefficient (Wildman–Crippen LogP) is 4.42. The van der Waals surface area contributed by atoms with Crippen molar-refractivity contribution in [3.63, 3.8) is 0 Å². The lowest BCUT2D eigenvalue weighted by Crippen LogP contribution is -2.72. The molecule has 0 fully saturated rings. The molecule has 0 amide bonds. The van der Waals surface area contributed by atoms with Gasteiger partial charge in [0.15, 0.2) is 8.07 Å². The first-order valence-corrected chi connectivity index (χ1v) is 14.3. The molecule has 0 atom stereocenters. The summed E-state index contributed by atoms with van der Waals surface area (Å²) in [5, 5.41) is 5.38. The number of nitrogens with zero attached hydrogens (tertiary/aromatic N) is 3. The minimum atomic E-state index is -2.51. The van der Waals surface area contributed by atoms with Crippen LogP contribution in [0.3, 0.4) is 0 Å². The largest absolute Gasteiger partial charge is 0.457 e. The third-order valence-electron chi connectivity index (χ3n) is 7.13. The molecular formula is C32H23N3OSi. The molecule has 6 aromatic rings. The zero-order valence-corrected chi connectivity index (χ0v) is 21.0. The van der Waals surface area contributed by atoms with E-state index in [2.05, 4.69) is 96.0 Å². The summed E-state index contributed by atoms with van der Waals surface area (Å²) < 4.78 is 8.36. The van der Waals surface area contributed by atoms with Gasteiger partial charge in [-0.05, 0) is 51.1 Å². The Morgan fingerprint density at radius 3 is 2.11 bits per heavy atom. The summed E-state index contributed by atoms with van der Waals surface area (Å²) in [5.74, 6) is 1.57. The average Bonchev–Trinajstić information content (AvgIpc) is 3.60. The molecule has 176 valence electrons. The Balaban J connectivity index is 1.39. The van der Waals surface area contributed by atoms with E-state index in [1.54, 1.807) is 12.5 Å². The van der Waals surface area contributed by atoms with Crippen molar-refractivity contribution in [1.29, 1.82) is 0 Å². The monoisotopic (exact) mass is 493 g/mol. The molecule has 37 heavy (non-hydrogen) atoms. The third-order valence-corrected chi connectivity index (χ3v) is 12.0. The van der Waals surface area contributed by atoms with Crippen molar-refractivity contribution in [3.05, 3.63) is 140 Å². The molecule has 0 saturated heterocycles. The lowest BCUT2D eigenvalue weighted by atomic mass is 10.1. The normalized spacial score (nSPS) is 13.1. The Bertz CT molecular complexity index is 1660. The molecule has 0 unspecified atom stereocenters. The van der Waals surface area contributed by atoms with Crippen molar-refractivity contribution >= 4 is 28.8 Å². The quantitative estimate of drug-likeness (QED) is 0.334. The van der Waals surface area contributed by atoms with E-state index in [1.165, 1.54) is 20.7 Å². The summed E-state index contributed by atoms with van der Waals surface area (Å²) in [7, 11) is -2.51.